The maximum Gasteiger partial charge on any atom is 0.387 e. The van der Waals surface area contributed by atoms with Gasteiger partial charge in [-0.2, -0.15) is 8.78 Å². The van der Waals surface area contributed by atoms with Crippen molar-refractivity contribution in [3.8, 4) is 5.75 Å². The first kappa shape index (κ1) is 13.9. The molecule has 1 aromatic carbocycles. The average molecular weight is 243 g/mol. The van der Waals surface area contributed by atoms with Crippen LogP contribution in [0.4, 0.5) is 8.78 Å². The van der Waals surface area contributed by atoms with Crippen molar-refractivity contribution in [3.63, 3.8) is 0 Å². The van der Waals surface area contributed by atoms with E-state index in [0.29, 0.717) is 6.04 Å². The highest BCUT2D eigenvalue weighted by molar-refractivity contribution is 5.33. The largest absolute Gasteiger partial charge is 0.435 e. The van der Waals surface area contributed by atoms with Gasteiger partial charge in [-0.3, -0.25) is 0 Å². The van der Waals surface area contributed by atoms with Gasteiger partial charge in [0.25, 0.3) is 0 Å². The highest BCUT2D eigenvalue weighted by Gasteiger charge is 2.09. The molecule has 0 aliphatic rings. The molecule has 1 atom stereocenters. The Labute approximate surface area is 101 Å². The van der Waals surface area contributed by atoms with Crippen LogP contribution in [0.1, 0.15) is 25.8 Å². The van der Waals surface area contributed by atoms with E-state index in [4.69, 9.17) is 0 Å². The molecule has 0 aromatic heterocycles. The molecule has 4 heteroatoms. The predicted molar refractivity (Wildman–Crippen MR) is 64.5 cm³/mol. The summed E-state index contributed by atoms with van der Waals surface area (Å²) in [7, 11) is 0. The van der Waals surface area contributed by atoms with E-state index in [1.165, 1.54) is 0 Å². The number of benzene rings is 1. The van der Waals surface area contributed by atoms with Crippen molar-refractivity contribution in [1.29, 1.82) is 0 Å². The van der Waals surface area contributed by atoms with Crippen LogP contribution in [-0.2, 0) is 6.42 Å². The molecule has 96 valence electrons. The lowest BCUT2D eigenvalue weighted by Crippen LogP contribution is -2.25. The first-order valence-electron chi connectivity index (χ1n) is 5.89. The van der Waals surface area contributed by atoms with Gasteiger partial charge >= 0.3 is 6.61 Å². The molecule has 0 fully saturated rings. The molecular weight excluding hydrogens is 224 g/mol. The van der Waals surface area contributed by atoms with Gasteiger partial charge < -0.3 is 10.1 Å². The fraction of sp³-hybridized carbons (Fsp3) is 0.538. The Bertz CT molecular complexity index is 331. The monoisotopic (exact) mass is 243 g/mol. The van der Waals surface area contributed by atoms with Gasteiger partial charge in [-0.1, -0.05) is 25.1 Å². The summed E-state index contributed by atoms with van der Waals surface area (Å²) in [6.45, 7) is 2.28. The molecule has 0 heterocycles. The second-order valence-corrected chi connectivity index (χ2v) is 3.98. The standard InChI is InChI=1S/C13H19F2NO/c1-3-16-10(2)8-9-11-6-4-5-7-12(11)17-13(14)15/h4-7,10,13,16H,3,8-9H2,1-2H3. The average Bonchev–Trinajstić information content (AvgIpc) is 2.27. The number of halogens is 2. The van der Waals surface area contributed by atoms with E-state index in [9.17, 15) is 8.78 Å². The normalized spacial score (nSPS) is 12.8. The van der Waals surface area contributed by atoms with Crippen LogP contribution in [0.25, 0.3) is 0 Å². The number of hydrogen-bond acceptors (Lipinski definition) is 2. The Morgan fingerprint density at radius 2 is 2.00 bits per heavy atom. The smallest absolute Gasteiger partial charge is 0.387 e. The molecule has 1 N–H and O–H groups in total. The van der Waals surface area contributed by atoms with Gasteiger partial charge in [0.05, 0.1) is 0 Å². The van der Waals surface area contributed by atoms with Gasteiger partial charge in [-0.15, -0.1) is 0 Å². The van der Waals surface area contributed by atoms with Crippen LogP contribution in [0.5, 0.6) is 5.75 Å². The summed E-state index contributed by atoms with van der Waals surface area (Å²) in [5.41, 5.74) is 0.831. The topological polar surface area (TPSA) is 21.3 Å². The molecule has 17 heavy (non-hydrogen) atoms. The lowest BCUT2D eigenvalue weighted by Gasteiger charge is -2.14. The molecule has 1 unspecified atom stereocenters. The summed E-state index contributed by atoms with van der Waals surface area (Å²) in [4.78, 5) is 0. The van der Waals surface area contributed by atoms with Gasteiger partial charge in [0.15, 0.2) is 0 Å². The Morgan fingerprint density at radius 3 is 2.65 bits per heavy atom. The second-order valence-electron chi connectivity index (χ2n) is 3.98. The minimum Gasteiger partial charge on any atom is -0.435 e. The molecule has 1 rings (SSSR count). The fourth-order valence-corrected chi connectivity index (χ4v) is 1.74. The van der Waals surface area contributed by atoms with Crippen molar-refractivity contribution < 1.29 is 13.5 Å². The van der Waals surface area contributed by atoms with Gasteiger partial charge in [0, 0.05) is 6.04 Å². The van der Waals surface area contributed by atoms with E-state index in [2.05, 4.69) is 17.0 Å². The van der Waals surface area contributed by atoms with Crippen molar-refractivity contribution in [2.45, 2.75) is 39.3 Å². The highest BCUT2D eigenvalue weighted by Crippen LogP contribution is 2.21. The van der Waals surface area contributed by atoms with Gasteiger partial charge in [0.2, 0.25) is 0 Å². The lowest BCUT2D eigenvalue weighted by atomic mass is 10.1. The van der Waals surface area contributed by atoms with Crippen LogP contribution in [0, 0.1) is 0 Å². The number of ether oxygens (including phenoxy) is 1. The number of aryl methyl sites for hydroxylation is 1. The van der Waals surface area contributed by atoms with Crippen LogP contribution in [0.15, 0.2) is 24.3 Å². The SMILES string of the molecule is CCNC(C)CCc1ccccc1OC(F)F. The first-order chi connectivity index (χ1) is 8.13. The van der Waals surface area contributed by atoms with Gasteiger partial charge in [0.1, 0.15) is 5.75 Å². The molecule has 0 aliphatic heterocycles. The molecule has 0 radical (unpaired) electrons. The van der Waals surface area contributed by atoms with E-state index in [1.807, 2.05) is 19.1 Å². The van der Waals surface area contributed by atoms with Crippen molar-refractivity contribution >= 4 is 0 Å². The zero-order valence-corrected chi connectivity index (χ0v) is 10.2. The van der Waals surface area contributed by atoms with Crippen molar-refractivity contribution in [1.82, 2.24) is 5.32 Å². The quantitative estimate of drug-likeness (QED) is 0.794. The highest BCUT2D eigenvalue weighted by atomic mass is 19.3. The minimum absolute atomic E-state index is 0.284. The number of alkyl halides is 2. The van der Waals surface area contributed by atoms with Crippen LogP contribution >= 0.6 is 0 Å². The lowest BCUT2D eigenvalue weighted by molar-refractivity contribution is -0.0504. The Hall–Kier alpha value is -1.16. The summed E-state index contributed by atoms with van der Waals surface area (Å²) in [5, 5.41) is 3.29. The van der Waals surface area contributed by atoms with Crippen molar-refractivity contribution in [2.24, 2.45) is 0 Å². The van der Waals surface area contributed by atoms with Crippen molar-refractivity contribution in [2.75, 3.05) is 6.54 Å². The van der Waals surface area contributed by atoms with Crippen LogP contribution in [-0.4, -0.2) is 19.2 Å². The summed E-state index contributed by atoms with van der Waals surface area (Å²) in [5.74, 6) is 0.284. The predicted octanol–water partition coefficient (Wildman–Crippen LogP) is 3.22. The summed E-state index contributed by atoms with van der Waals surface area (Å²) in [6, 6.07) is 7.33. The maximum atomic E-state index is 12.2. The maximum absolute atomic E-state index is 12.2. The molecular formula is C13H19F2NO. The van der Waals surface area contributed by atoms with Crippen LogP contribution in [0.2, 0.25) is 0 Å². The third kappa shape index (κ3) is 5.13. The summed E-state index contributed by atoms with van der Waals surface area (Å²) in [6.07, 6.45) is 1.63. The molecule has 0 saturated heterocycles. The van der Waals surface area contributed by atoms with Crippen LogP contribution < -0.4 is 10.1 Å². The summed E-state index contributed by atoms with van der Waals surface area (Å²) >= 11 is 0. The molecule has 0 amide bonds. The molecule has 0 bridgehead atoms. The molecule has 0 aliphatic carbocycles. The molecule has 0 saturated carbocycles. The van der Waals surface area contributed by atoms with Gasteiger partial charge in [-0.05, 0) is 37.9 Å². The van der Waals surface area contributed by atoms with E-state index >= 15 is 0 Å². The minimum atomic E-state index is -2.76. The fourth-order valence-electron chi connectivity index (χ4n) is 1.74. The Kier molecular flexibility index (Phi) is 5.91. The van der Waals surface area contributed by atoms with E-state index < -0.39 is 6.61 Å². The zero-order chi connectivity index (χ0) is 12.7. The molecule has 1 aromatic rings. The Balaban J connectivity index is 2.57. The summed E-state index contributed by atoms with van der Waals surface area (Å²) < 4.78 is 28.9. The van der Waals surface area contributed by atoms with Crippen molar-refractivity contribution in [3.05, 3.63) is 29.8 Å². The third-order valence-corrected chi connectivity index (χ3v) is 2.59. The number of para-hydroxylation sites is 1. The van der Waals surface area contributed by atoms with E-state index in [1.54, 1.807) is 12.1 Å². The molecule has 0 spiro atoms. The molecule has 2 nitrogen and oxygen atoms in total. The van der Waals surface area contributed by atoms with E-state index in [0.717, 1.165) is 24.9 Å². The number of rotatable bonds is 7. The number of hydrogen-bond donors (Lipinski definition) is 1. The number of nitrogens with one attached hydrogen (secondary N) is 1. The zero-order valence-electron chi connectivity index (χ0n) is 10.2. The van der Waals surface area contributed by atoms with E-state index in [-0.39, 0.29) is 5.75 Å². The first-order valence-corrected chi connectivity index (χ1v) is 5.89. The van der Waals surface area contributed by atoms with Crippen LogP contribution in [0.3, 0.4) is 0 Å². The Morgan fingerprint density at radius 1 is 1.29 bits per heavy atom. The second kappa shape index (κ2) is 7.22. The third-order valence-electron chi connectivity index (χ3n) is 2.59. The van der Waals surface area contributed by atoms with Gasteiger partial charge in [-0.25, -0.2) is 0 Å².